The first-order valence-electron chi connectivity index (χ1n) is 8.94. The van der Waals surface area contributed by atoms with Gasteiger partial charge in [0.25, 0.3) is 0 Å². The van der Waals surface area contributed by atoms with Crippen molar-refractivity contribution in [2.45, 2.75) is 76.0 Å². The van der Waals surface area contributed by atoms with Crippen molar-refractivity contribution in [1.29, 1.82) is 0 Å². The van der Waals surface area contributed by atoms with E-state index in [2.05, 4.69) is 39.8 Å². The lowest BCUT2D eigenvalue weighted by molar-refractivity contribution is 0.104. The van der Waals surface area contributed by atoms with Crippen molar-refractivity contribution in [2.75, 3.05) is 19.3 Å². The van der Waals surface area contributed by atoms with Crippen molar-refractivity contribution in [2.24, 2.45) is 5.92 Å². The molecule has 1 saturated carbocycles. The molecule has 124 valence electrons. The van der Waals surface area contributed by atoms with Crippen molar-refractivity contribution in [3.05, 3.63) is 5.82 Å². The molecule has 1 aliphatic heterocycles. The fraction of sp³-hybridized carbons (Fsp3) is 0.882. The van der Waals surface area contributed by atoms with Crippen LogP contribution in [0.3, 0.4) is 0 Å². The van der Waals surface area contributed by atoms with Gasteiger partial charge in [0.05, 0.1) is 0 Å². The van der Waals surface area contributed by atoms with Crippen LogP contribution in [0.25, 0.3) is 0 Å². The molecule has 1 aromatic rings. The van der Waals surface area contributed by atoms with Gasteiger partial charge >= 0.3 is 0 Å². The Labute approximate surface area is 139 Å². The number of piperidine rings is 1. The van der Waals surface area contributed by atoms with Gasteiger partial charge in [-0.05, 0) is 64.2 Å². The number of rotatable bonds is 4. The Kier molecular flexibility index (Phi) is 5.45. The third-order valence-corrected chi connectivity index (χ3v) is 6.23. The van der Waals surface area contributed by atoms with E-state index in [0.29, 0.717) is 5.92 Å². The van der Waals surface area contributed by atoms with E-state index in [1.54, 1.807) is 11.8 Å². The Balaban J connectivity index is 1.69. The molecule has 1 saturated heterocycles. The molecule has 0 spiro atoms. The minimum Gasteiger partial charge on any atom is -0.306 e. The van der Waals surface area contributed by atoms with Gasteiger partial charge in [0.2, 0.25) is 0 Å². The van der Waals surface area contributed by atoms with Gasteiger partial charge in [0.1, 0.15) is 5.82 Å². The number of thioether (sulfide) groups is 1. The summed E-state index contributed by atoms with van der Waals surface area (Å²) in [5.41, 5.74) is 0. The average Bonchev–Trinajstić information content (AvgIpc) is 2.98. The van der Waals surface area contributed by atoms with Gasteiger partial charge < -0.3 is 4.57 Å². The summed E-state index contributed by atoms with van der Waals surface area (Å²) in [5, 5.41) is 9.99. The summed E-state index contributed by atoms with van der Waals surface area (Å²) in [5.74, 6) is 2.73. The second-order valence-electron chi connectivity index (χ2n) is 7.04. The van der Waals surface area contributed by atoms with Crippen LogP contribution < -0.4 is 0 Å². The van der Waals surface area contributed by atoms with E-state index in [-0.39, 0.29) is 0 Å². The van der Waals surface area contributed by atoms with Gasteiger partial charge in [-0.25, -0.2) is 0 Å². The van der Waals surface area contributed by atoms with Crippen LogP contribution in [0.1, 0.15) is 64.1 Å². The van der Waals surface area contributed by atoms with E-state index in [9.17, 15) is 0 Å². The topological polar surface area (TPSA) is 34.0 Å². The monoisotopic (exact) mass is 322 g/mol. The first-order chi connectivity index (χ1) is 10.7. The summed E-state index contributed by atoms with van der Waals surface area (Å²) >= 11 is 1.71. The SMILES string of the molecule is CCn1c(SC)nnc1[C@@H]1CCCN(C2CCC(C)CC2)C1. The normalized spacial score (nSPS) is 30.6. The molecule has 3 rings (SSSR count). The summed E-state index contributed by atoms with van der Waals surface area (Å²) < 4.78 is 2.32. The van der Waals surface area contributed by atoms with Crippen molar-refractivity contribution in [3.8, 4) is 0 Å². The summed E-state index contributed by atoms with van der Waals surface area (Å²) in [6.45, 7) is 8.06. The molecule has 2 aliphatic rings. The van der Waals surface area contributed by atoms with Crippen LogP contribution in [-0.4, -0.2) is 45.1 Å². The molecule has 4 nitrogen and oxygen atoms in total. The molecule has 0 unspecified atom stereocenters. The van der Waals surface area contributed by atoms with Gasteiger partial charge in [0.15, 0.2) is 5.16 Å². The van der Waals surface area contributed by atoms with Crippen molar-refractivity contribution < 1.29 is 0 Å². The predicted molar refractivity (Wildman–Crippen MR) is 92.4 cm³/mol. The van der Waals surface area contributed by atoms with E-state index in [1.807, 2.05) is 0 Å². The minimum absolute atomic E-state index is 0.571. The molecule has 1 aliphatic carbocycles. The number of likely N-dealkylation sites (tertiary alicyclic amines) is 1. The molecular formula is C17H30N4S. The molecule has 22 heavy (non-hydrogen) atoms. The largest absolute Gasteiger partial charge is 0.306 e. The van der Waals surface area contributed by atoms with Crippen LogP contribution in [-0.2, 0) is 6.54 Å². The zero-order valence-electron chi connectivity index (χ0n) is 14.3. The molecular weight excluding hydrogens is 292 g/mol. The Bertz CT molecular complexity index is 479. The quantitative estimate of drug-likeness (QED) is 0.790. The highest BCUT2D eigenvalue weighted by Crippen LogP contribution is 2.33. The number of hydrogen-bond acceptors (Lipinski definition) is 4. The first kappa shape index (κ1) is 16.3. The number of hydrogen-bond donors (Lipinski definition) is 0. The molecule has 0 radical (unpaired) electrons. The Hall–Kier alpha value is -0.550. The third-order valence-electron chi connectivity index (χ3n) is 5.56. The van der Waals surface area contributed by atoms with Crippen molar-refractivity contribution >= 4 is 11.8 Å². The molecule has 0 aromatic carbocycles. The lowest BCUT2D eigenvalue weighted by atomic mass is 9.85. The molecule has 1 aromatic heterocycles. The van der Waals surface area contributed by atoms with Crippen LogP contribution in [0, 0.1) is 5.92 Å². The summed E-state index contributed by atoms with van der Waals surface area (Å²) in [4.78, 5) is 2.76. The summed E-state index contributed by atoms with van der Waals surface area (Å²) in [7, 11) is 0. The van der Waals surface area contributed by atoms with Crippen molar-refractivity contribution in [1.82, 2.24) is 19.7 Å². The van der Waals surface area contributed by atoms with E-state index in [0.717, 1.165) is 23.7 Å². The van der Waals surface area contributed by atoms with Crippen molar-refractivity contribution in [3.63, 3.8) is 0 Å². The fourth-order valence-electron chi connectivity index (χ4n) is 4.21. The lowest BCUT2D eigenvalue weighted by Crippen LogP contribution is -2.44. The van der Waals surface area contributed by atoms with E-state index in [4.69, 9.17) is 0 Å². The van der Waals surface area contributed by atoms with E-state index < -0.39 is 0 Å². The summed E-state index contributed by atoms with van der Waals surface area (Å²) in [6.07, 6.45) is 10.3. The average molecular weight is 323 g/mol. The third kappa shape index (κ3) is 3.35. The van der Waals surface area contributed by atoms with Gasteiger partial charge in [-0.15, -0.1) is 10.2 Å². The molecule has 1 atom stereocenters. The maximum absolute atomic E-state index is 4.54. The number of nitrogens with zero attached hydrogens (tertiary/aromatic N) is 4. The molecule has 2 heterocycles. The molecule has 0 amide bonds. The highest BCUT2D eigenvalue weighted by atomic mass is 32.2. The Morgan fingerprint density at radius 1 is 1.14 bits per heavy atom. The van der Waals surface area contributed by atoms with Crippen LogP contribution in [0.2, 0.25) is 0 Å². The zero-order chi connectivity index (χ0) is 15.5. The molecule has 0 N–H and O–H groups in total. The van der Waals surface area contributed by atoms with Gasteiger partial charge in [-0.1, -0.05) is 18.7 Å². The van der Waals surface area contributed by atoms with Gasteiger partial charge in [-0.3, -0.25) is 4.90 Å². The smallest absolute Gasteiger partial charge is 0.190 e. The maximum Gasteiger partial charge on any atom is 0.190 e. The molecule has 0 bridgehead atoms. The van der Waals surface area contributed by atoms with Crippen LogP contribution in [0.4, 0.5) is 0 Å². The van der Waals surface area contributed by atoms with Gasteiger partial charge in [0, 0.05) is 25.0 Å². The first-order valence-corrected chi connectivity index (χ1v) is 10.2. The van der Waals surface area contributed by atoms with Crippen LogP contribution in [0.5, 0.6) is 0 Å². The summed E-state index contributed by atoms with van der Waals surface area (Å²) in [6, 6.07) is 0.817. The fourth-order valence-corrected chi connectivity index (χ4v) is 4.77. The Morgan fingerprint density at radius 2 is 1.91 bits per heavy atom. The van der Waals surface area contributed by atoms with Crippen LogP contribution >= 0.6 is 11.8 Å². The lowest BCUT2D eigenvalue weighted by Gasteiger charge is -2.40. The van der Waals surface area contributed by atoms with Gasteiger partial charge in [-0.2, -0.15) is 0 Å². The maximum atomic E-state index is 4.54. The zero-order valence-corrected chi connectivity index (χ0v) is 15.1. The highest BCUT2D eigenvalue weighted by molar-refractivity contribution is 7.98. The second-order valence-corrected chi connectivity index (χ2v) is 7.81. The standard InChI is InChI=1S/C17H30N4S/c1-4-21-16(18-19-17(21)22-3)14-6-5-11-20(12-14)15-9-7-13(2)8-10-15/h13-15H,4-12H2,1-3H3/t13?,14-,15?/m1/s1. The minimum atomic E-state index is 0.571. The van der Waals surface area contributed by atoms with E-state index in [1.165, 1.54) is 57.4 Å². The number of aromatic nitrogens is 3. The highest BCUT2D eigenvalue weighted by Gasteiger charge is 2.31. The molecule has 5 heteroatoms. The predicted octanol–water partition coefficient (Wildman–Crippen LogP) is 3.78. The molecule has 2 fully saturated rings. The Morgan fingerprint density at radius 3 is 2.59 bits per heavy atom. The van der Waals surface area contributed by atoms with E-state index >= 15 is 0 Å². The second kappa shape index (κ2) is 7.35. The van der Waals surface area contributed by atoms with Crippen LogP contribution in [0.15, 0.2) is 5.16 Å².